The summed E-state index contributed by atoms with van der Waals surface area (Å²) in [5, 5.41) is 14.2. The van der Waals surface area contributed by atoms with E-state index in [4.69, 9.17) is 9.84 Å². The Hall–Kier alpha value is -2.50. The lowest BCUT2D eigenvalue weighted by Crippen LogP contribution is -2.29. The lowest BCUT2D eigenvalue weighted by atomic mass is 10.2. The van der Waals surface area contributed by atoms with Crippen molar-refractivity contribution in [2.75, 3.05) is 19.0 Å². The third-order valence-electron chi connectivity index (χ3n) is 2.53. The first kappa shape index (κ1) is 15.6. The Labute approximate surface area is 117 Å². The van der Waals surface area contributed by atoms with E-state index in [-0.39, 0.29) is 5.56 Å². The minimum atomic E-state index is -1.07. The number of urea groups is 1. The first-order chi connectivity index (χ1) is 9.58. The summed E-state index contributed by atoms with van der Waals surface area (Å²) in [5.74, 6) is -0.664. The quantitative estimate of drug-likeness (QED) is 0.551. The predicted octanol–water partition coefficient (Wildman–Crippen LogP) is 2.48. The number of hydrogen-bond acceptors (Lipinski definition) is 3. The van der Waals surface area contributed by atoms with Gasteiger partial charge in [0.1, 0.15) is 5.75 Å². The van der Waals surface area contributed by atoms with Crippen molar-refractivity contribution in [3.63, 3.8) is 0 Å². The second-order valence-electron chi connectivity index (χ2n) is 3.96. The lowest BCUT2D eigenvalue weighted by molar-refractivity contribution is 0.0697. The Morgan fingerprint density at radius 2 is 2.15 bits per heavy atom. The van der Waals surface area contributed by atoms with Crippen molar-refractivity contribution in [3.8, 4) is 5.75 Å². The van der Waals surface area contributed by atoms with Gasteiger partial charge >= 0.3 is 12.0 Å². The van der Waals surface area contributed by atoms with Gasteiger partial charge < -0.3 is 20.5 Å². The van der Waals surface area contributed by atoms with Crippen LogP contribution >= 0.6 is 0 Å². The van der Waals surface area contributed by atoms with Crippen molar-refractivity contribution >= 4 is 17.7 Å². The van der Waals surface area contributed by atoms with E-state index in [1.54, 1.807) is 0 Å². The molecule has 0 radical (unpaired) electrons. The molecule has 0 fully saturated rings. The zero-order chi connectivity index (χ0) is 15.0. The van der Waals surface area contributed by atoms with E-state index in [9.17, 15) is 9.59 Å². The normalized spacial score (nSPS) is 10.3. The monoisotopic (exact) mass is 278 g/mol. The predicted molar refractivity (Wildman–Crippen MR) is 76.4 cm³/mol. The number of allylic oxidation sites excluding steroid dienone is 1. The van der Waals surface area contributed by atoms with Crippen molar-refractivity contribution in [3.05, 3.63) is 35.9 Å². The summed E-state index contributed by atoms with van der Waals surface area (Å²) in [6.45, 7) is 2.40. The number of rotatable bonds is 6. The molecule has 0 aromatic heterocycles. The van der Waals surface area contributed by atoms with Crippen LogP contribution in [-0.2, 0) is 0 Å². The van der Waals surface area contributed by atoms with E-state index in [2.05, 4.69) is 10.6 Å². The van der Waals surface area contributed by atoms with Crippen LogP contribution in [0.25, 0.3) is 0 Å². The van der Waals surface area contributed by atoms with E-state index in [1.807, 2.05) is 19.1 Å². The number of ether oxygens (including phenoxy) is 1. The number of anilines is 1. The largest absolute Gasteiger partial charge is 0.495 e. The molecular weight excluding hydrogens is 260 g/mol. The van der Waals surface area contributed by atoms with Crippen LogP contribution < -0.4 is 15.4 Å². The van der Waals surface area contributed by atoms with Gasteiger partial charge in [-0.25, -0.2) is 9.59 Å². The molecule has 0 atom stereocenters. The number of benzene rings is 1. The molecule has 0 spiro atoms. The van der Waals surface area contributed by atoms with E-state index < -0.39 is 12.0 Å². The Morgan fingerprint density at radius 1 is 1.40 bits per heavy atom. The zero-order valence-corrected chi connectivity index (χ0v) is 11.5. The molecule has 108 valence electrons. The summed E-state index contributed by atoms with van der Waals surface area (Å²) in [4.78, 5) is 22.6. The van der Waals surface area contributed by atoms with Gasteiger partial charge in [0.25, 0.3) is 0 Å². The fourth-order valence-electron chi connectivity index (χ4n) is 1.54. The minimum absolute atomic E-state index is 0.0787. The second kappa shape index (κ2) is 7.83. The molecule has 20 heavy (non-hydrogen) atoms. The molecule has 0 saturated carbocycles. The Bertz CT molecular complexity index is 512. The molecule has 0 aliphatic carbocycles. The van der Waals surface area contributed by atoms with Crippen LogP contribution in [0.2, 0.25) is 0 Å². The fourth-order valence-corrected chi connectivity index (χ4v) is 1.54. The summed E-state index contributed by atoms with van der Waals surface area (Å²) in [5.41, 5.74) is 0.394. The number of carboxylic acids is 1. The topological polar surface area (TPSA) is 87.7 Å². The van der Waals surface area contributed by atoms with Crippen LogP contribution in [0.5, 0.6) is 5.75 Å². The van der Waals surface area contributed by atoms with Gasteiger partial charge in [-0.3, -0.25) is 0 Å². The molecule has 2 amide bonds. The zero-order valence-electron chi connectivity index (χ0n) is 11.5. The van der Waals surface area contributed by atoms with Crippen LogP contribution in [0.4, 0.5) is 10.5 Å². The molecule has 0 aliphatic rings. The van der Waals surface area contributed by atoms with E-state index in [0.29, 0.717) is 18.0 Å². The number of methoxy groups -OCH3 is 1. The third-order valence-corrected chi connectivity index (χ3v) is 2.53. The maximum Gasteiger partial charge on any atom is 0.335 e. The summed E-state index contributed by atoms with van der Waals surface area (Å²) in [7, 11) is 1.45. The molecule has 0 aliphatic heterocycles. The van der Waals surface area contributed by atoms with Gasteiger partial charge in [0.2, 0.25) is 0 Å². The number of carboxylic acid groups (broad SMARTS) is 1. The Kier molecular flexibility index (Phi) is 6.09. The highest BCUT2D eigenvalue weighted by molar-refractivity contribution is 5.94. The number of carbonyl (C=O) groups is 2. The van der Waals surface area contributed by atoms with Crippen molar-refractivity contribution < 1.29 is 19.4 Å². The van der Waals surface area contributed by atoms with Crippen molar-refractivity contribution in [2.45, 2.75) is 13.3 Å². The van der Waals surface area contributed by atoms with Gasteiger partial charge in [0.05, 0.1) is 18.4 Å². The van der Waals surface area contributed by atoms with Crippen LogP contribution in [0, 0.1) is 0 Å². The molecule has 1 rings (SSSR count). The highest BCUT2D eigenvalue weighted by atomic mass is 16.5. The van der Waals surface area contributed by atoms with Crippen molar-refractivity contribution in [2.24, 2.45) is 0 Å². The van der Waals surface area contributed by atoms with Crippen LogP contribution in [0.1, 0.15) is 23.7 Å². The van der Waals surface area contributed by atoms with E-state index in [1.165, 1.54) is 25.3 Å². The SMILES string of the molecule is C/C=C/CCNC(=O)Nc1cc(C(=O)O)ccc1OC. The molecule has 6 heteroatoms. The van der Waals surface area contributed by atoms with Crippen molar-refractivity contribution in [1.29, 1.82) is 0 Å². The molecular formula is C14H18N2O4. The second-order valence-corrected chi connectivity index (χ2v) is 3.96. The third kappa shape index (κ3) is 4.64. The number of carbonyl (C=O) groups excluding carboxylic acids is 1. The average molecular weight is 278 g/mol. The maximum absolute atomic E-state index is 11.7. The van der Waals surface area contributed by atoms with Gasteiger partial charge in [-0.05, 0) is 31.5 Å². The van der Waals surface area contributed by atoms with Crippen molar-refractivity contribution in [1.82, 2.24) is 5.32 Å². The highest BCUT2D eigenvalue weighted by Crippen LogP contribution is 2.25. The van der Waals surface area contributed by atoms with Gasteiger partial charge in [-0.15, -0.1) is 0 Å². The minimum Gasteiger partial charge on any atom is -0.495 e. The number of aromatic carboxylic acids is 1. The summed E-state index contributed by atoms with van der Waals surface area (Å²) in [6, 6.07) is 3.86. The number of hydrogen-bond donors (Lipinski definition) is 3. The lowest BCUT2D eigenvalue weighted by Gasteiger charge is -2.11. The Morgan fingerprint density at radius 3 is 2.75 bits per heavy atom. The van der Waals surface area contributed by atoms with Crippen LogP contribution in [0.3, 0.4) is 0 Å². The van der Waals surface area contributed by atoms with Gasteiger partial charge in [-0.2, -0.15) is 0 Å². The first-order valence-corrected chi connectivity index (χ1v) is 6.15. The van der Waals surface area contributed by atoms with Gasteiger partial charge in [0.15, 0.2) is 0 Å². The Balaban J connectivity index is 2.71. The van der Waals surface area contributed by atoms with Gasteiger partial charge in [-0.1, -0.05) is 12.2 Å². The standard InChI is InChI=1S/C14H18N2O4/c1-3-4-5-8-15-14(19)16-11-9-10(13(17)18)6-7-12(11)20-2/h3-4,6-7,9H,5,8H2,1-2H3,(H,17,18)(H2,15,16,19)/b4-3+. The average Bonchev–Trinajstić information content (AvgIpc) is 2.43. The number of amides is 2. The molecule has 0 heterocycles. The van der Waals surface area contributed by atoms with Crippen LogP contribution in [0.15, 0.2) is 30.4 Å². The molecule has 0 unspecified atom stereocenters. The summed E-state index contributed by atoms with van der Waals surface area (Å²) < 4.78 is 5.08. The molecule has 3 N–H and O–H groups in total. The summed E-state index contributed by atoms with van der Waals surface area (Å²) >= 11 is 0. The molecule has 6 nitrogen and oxygen atoms in total. The molecule has 1 aromatic carbocycles. The van der Waals surface area contributed by atoms with E-state index in [0.717, 1.165) is 6.42 Å². The maximum atomic E-state index is 11.7. The van der Waals surface area contributed by atoms with E-state index >= 15 is 0 Å². The van der Waals surface area contributed by atoms with Crippen LogP contribution in [-0.4, -0.2) is 30.8 Å². The molecule has 1 aromatic rings. The van der Waals surface area contributed by atoms with Gasteiger partial charge in [0, 0.05) is 6.54 Å². The smallest absolute Gasteiger partial charge is 0.335 e. The first-order valence-electron chi connectivity index (χ1n) is 6.15. The molecule has 0 bridgehead atoms. The molecule has 0 saturated heterocycles. The fraction of sp³-hybridized carbons (Fsp3) is 0.286. The summed E-state index contributed by atoms with van der Waals surface area (Å²) in [6.07, 6.45) is 4.57. The number of nitrogens with one attached hydrogen (secondary N) is 2. The highest BCUT2D eigenvalue weighted by Gasteiger charge is 2.11.